The van der Waals surface area contributed by atoms with Crippen LogP contribution in [0.25, 0.3) is 0 Å². The molecule has 0 aliphatic carbocycles. The highest BCUT2D eigenvalue weighted by Gasteiger charge is 2.12. The normalized spacial score (nSPS) is 13.4. The van der Waals surface area contributed by atoms with Crippen LogP contribution >= 0.6 is 0 Å². The summed E-state index contributed by atoms with van der Waals surface area (Å²) in [5.41, 5.74) is 3.58. The van der Waals surface area contributed by atoms with Gasteiger partial charge in [-0.1, -0.05) is 12.1 Å². The Morgan fingerprint density at radius 1 is 1.00 bits per heavy atom. The molecular weight excluding hydrogens is 340 g/mol. The van der Waals surface area contributed by atoms with Crippen molar-refractivity contribution in [3.63, 3.8) is 0 Å². The highest BCUT2D eigenvalue weighted by atomic mass is 16.5. The molecule has 0 atom stereocenters. The number of benzene rings is 2. The first-order valence-electron chi connectivity index (χ1n) is 9.56. The fourth-order valence-corrected chi connectivity index (χ4v) is 3.23. The van der Waals surface area contributed by atoms with Crippen molar-refractivity contribution in [2.75, 3.05) is 29.9 Å². The van der Waals surface area contributed by atoms with Gasteiger partial charge in [0.15, 0.2) is 0 Å². The number of nitrogens with zero attached hydrogens (tertiary/aromatic N) is 1. The first-order valence-corrected chi connectivity index (χ1v) is 9.56. The van der Waals surface area contributed by atoms with Crippen LogP contribution in [0.5, 0.6) is 0 Å². The molecule has 1 heterocycles. The van der Waals surface area contributed by atoms with Crippen LogP contribution < -0.4 is 10.2 Å². The molecular formula is C22H26N2O3. The Balaban J connectivity index is 1.47. The lowest BCUT2D eigenvalue weighted by Gasteiger charge is -2.17. The number of nitrogens with one attached hydrogen (secondary N) is 1. The van der Waals surface area contributed by atoms with Crippen molar-refractivity contribution in [2.24, 2.45) is 0 Å². The summed E-state index contributed by atoms with van der Waals surface area (Å²) in [6, 6.07) is 15.3. The van der Waals surface area contributed by atoms with Gasteiger partial charge < -0.3 is 15.0 Å². The molecule has 1 saturated heterocycles. The molecule has 1 N–H and O–H groups in total. The van der Waals surface area contributed by atoms with Crippen LogP contribution in [0.1, 0.15) is 42.1 Å². The lowest BCUT2D eigenvalue weighted by Crippen LogP contribution is -2.17. The van der Waals surface area contributed by atoms with E-state index >= 15 is 0 Å². The zero-order valence-electron chi connectivity index (χ0n) is 15.7. The van der Waals surface area contributed by atoms with Crippen LogP contribution in [0, 0.1) is 0 Å². The average Bonchev–Trinajstić information content (AvgIpc) is 3.22. The number of hydrogen-bond donors (Lipinski definition) is 1. The van der Waals surface area contributed by atoms with Gasteiger partial charge in [0.05, 0.1) is 12.2 Å². The smallest absolute Gasteiger partial charge is 0.338 e. The van der Waals surface area contributed by atoms with Gasteiger partial charge in [0, 0.05) is 30.9 Å². The molecule has 3 rings (SSSR count). The number of rotatable bonds is 7. The zero-order chi connectivity index (χ0) is 19.1. The van der Waals surface area contributed by atoms with Crippen molar-refractivity contribution in [1.82, 2.24) is 0 Å². The summed E-state index contributed by atoms with van der Waals surface area (Å²) in [6.45, 7) is 4.39. The van der Waals surface area contributed by atoms with Crippen LogP contribution in [0.15, 0.2) is 48.5 Å². The molecule has 5 nitrogen and oxygen atoms in total. The van der Waals surface area contributed by atoms with E-state index < -0.39 is 0 Å². The second kappa shape index (κ2) is 9.21. The minimum absolute atomic E-state index is 0.0393. The minimum atomic E-state index is -0.354. The van der Waals surface area contributed by atoms with E-state index in [1.54, 1.807) is 31.2 Å². The third kappa shape index (κ3) is 5.33. The topological polar surface area (TPSA) is 58.6 Å². The summed E-state index contributed by atoms with van der Waals surface area (Å²) in [5.74, 6) is -0.393. The van der Waals surface area contributed by atoms with Crippen molar-refractivity contribution in [3.8, 4) is 0 Å². The number of anilines is 2. The van der Waals surface area contributed by atoms with E-state index in [9.17, 15) is 9.59 Å². The van der Waals surface area contributed by atoms with Crippen LogP contribution in [0.4, 0.5) is 11.4 Å². The third-order valence-corrected chi connectivity index (χ3v) is 4.73. The second-order valence-corrected chi connectivity index (χ2v) is 6.71. The molecule has 142 valence electrons. The maximum Gasteiger partial charge on any atom is 0.338 e. The predicted octanol–water partition coefficient (Wildman–Crippen LogP) is 4.03. The van der Waals surface area contributed by atoms with Gasteiger partial charge in [-0.15, -0.1) is 0 Å². The molecule has 0 radical (unpaired) electrons. The standard InChI is InChI=1S/C22H26N2O3/c1-2-27-22(26)18-8-10-19(11-9-18)23-21(25)14-7-17-5-12-20(13-6-17)24-15-3-4-16-24/h5-6,8-13H,2-4,7,14-16H2,1H3,(H,23,25). The summed E-state index contributed by atoms with van der Waals surface area (Å²) in [5, 5.41) is 2.87. The summed E-state index contributed by atoms with van der Waals surface area (Å²) in [7, 11) is 0. The fourth-order valence-electron chi connectivity index (χ4n) is 3.23. The third-order valence-electron chi connectivity index (χ3n) is 4.73. The summed E-state index contributed by atoms with van der Waals surface area (Å²) in [6.07, 6.45) is 3.65. The summed E-state index contributed by atoms with van der Waals surface area (Å²) in [4.78, 5) is 26.2. The van der Waals surface area contributed by atoms with Gasteiger partial charge in [-0.2, -0.15) is 0 Å². The highest BCUT2D eigenvalue weighted by molar-refractivity contribution is 5.93. The quantitative estimate of drug-likeness (QED) is 0.752. The van der Waals surface area contributed by atoms with Crippen LogP contribution in [-0.4, -0.2) is 31.6 Å². The summed E-state index contributed by atoms with van der Waals surface area (Å²) >= 11 is 0. The Bertz CT molecular complexity index is 763. The molecule has 0 saturated carbocycles. The van der Waals surface area contributed by atoms with Gasteiger partial charge in [0.25, 0.3) is 0 Å². The molecule has 5 heteroatoms. The van der Waals surface area contributed by atoms with Crippen molar-refractivity contribution in [2.45, 2.75) is 32.6 Å². The average molecular weight is 366 g/mol. The first kappa shape index (κ1) is 19.0. The minimum Gasteiger partial charge on any atom is -0.462 e. The fraction of sp³-hybridized carbons (Fsp3) is 0.364. The maximum atomic E-state index is 12.2. The molecule has 27 heavy (non-hydrogen) atoms. The molecule has 0 spiro atoms. The monoisotopic (exact) mass is 366 g/mol. The maximum absolute atomic E-state index is 12.2. The molecule has 0 aromatic heterocycles. The summed E-state index contributed by atoms with van der Waals surface area (Å²) < 4.78 is 4.95. The molecule has 1 fully saturated rings. The van der Waals surface area contributed by atoms with E-state index in [-0.39, 0.29) is 11.9 Å². The Morgan fingerprint density at radius 3 is 2.30 bits per heavy atom. The van der Waals surface area contributed by atoms with Gasteiger partial charge >= 0.3 is 5.97 Å². The Labute approximate surface area is 160 Å². The van der Waals surface area contributed by atoms with Crippen LogP contribution in [0.3, 0.4) is 0 Å². The van der Waals surface area contributed by atoms with Crippen molar-refractivity contribution < 1.29 is 14.3 Å². The lowest BCUT2D eigenvalue weighted by atomic mass is 10.1. The number of amides is 1. The van der Waals surface area contributed by atoms with Gasteiger partial charge in [0.2, 0.25) is 5.91 Å². The first-order chi connectivity index (χ1) is 13.2. The van der Waals surface area contributed by atoms with Gasteiger partial charge in [-0.05, 0) is 68.1 Å². The predicted molar refractivity (Wildman–Crippen MR) is 107 cm³/mol. The lowest BCUT2D eigenvalue weighted by molar-refractivity contribution is -0.116. The van der Waals surface area contributed by atoms with Crippen LogP contribution in [-0.2, 0) is 16.0 Å². The van der Waals surface area contributed by atoms with E-state index in [0.29, 0.717) is 30.7 Å². The number of hydrogen-bond acceptors (Lipinski definition) is 4. The number of esters is 1. The number of ether oxygens (including phenoxy) is 1. The Morgan fingerprint density at radius 2 is 1.67 bits per heavy atom. The van der Waals surface area contributed by atoms with Crippen LogP contribution in [0.2, 0.25) is 0 Å². The van der Waals surface area contributed by atoms with Crippen molar-refractivity contribution in [1.29, 1.82) is 0 Å². The molecule has 0 unspecified atom stereocenters. The van der Waals surface area contributed by atoms with E-state index in [0.717, 1.165) is 18.7 Å². The van der Waals surface area contributed by atoms with Crippen molar-refractivity contribution >= 4 is 23.3 Å². The zero-order valence-corrected chi connectivity index (χ0v) is 15.7. The second-order valence-electron chi connectivity index (χ2n) is 6.71. The molecule has 1 aliphatic heterocycles. The largest absolute Gasteiger partial charge is 0.462 e. The number of carbonyl (C=O) groups excluding carboxylic acids is 2. The molecule has 2 aromatic carbocycles. The number of aryl methyl sites for hydroxylation is 1. The van der Waals surface area contributed by atoms with E-state index in [1.165, 1.54) is 18.5 Å². The highest BCUT2D eigenvalue weighted by Crippen LogP contribution is 2.21. The Kier molecular flexibility index (Phi) is 6.47. The molecule has 1 amide bonds. The van der Waals surface area contributed by atoms with Crippen molar-refractivity contribution in [3.05, 3.63) is 59.7 Å². The number of carbonyl (C=O) groups is 2. The molecule has 2 aromatic rings. The SMILES string of the molecule is CCOC(=O)c1ccc(NC(=O)CCc2ccc(N3CCCC3)cc2)cc1. The van der Waals surface area contributed by atoms with Gasteiger partial charge in [-0.3, -0.25) is 4.79 Å². The molecule has 0 bridgehead atoms. The van der Waals surface area contributed by atoms with Gasteiger partial charge in [0.1, 0.15) is 0 Å². The van der Waals surface area contributed by atoms with Gasteiger partial charge in [-0.25, -0.2) is 4.79 Å². The van der Waals surface area contributed by atoms with E-state index in [2.05, 4.69) is 34.5 Å². The van der Waals surface area contributed by atoms with E-state index in [1.807, 2.05) is 0 Å². The molecule has 1 aliphatic rings. The Hall–Kier alpha value is -2.82. The van der Waals surface area contributed by atoms with E-state index in [4.69, 9.17) is 4.74 Å².